The molecule has 1 amide bonds. The highest BCUT2D eigenvalue weighted by molar-refractivity contribution is 5.81. The van der Waals surface area contributed by atoms with E-state index >= 15 is 0 Å². The Morgan fingerprint density at radius 2 is 2.10 bits per heavy atom. The Hall–Kier alpha value is -2.04. The van der Waals surface area contributed by atoms with Gasteiger partial charge in [0.25, 0.3) is 0 Å². The molecule has 3 heterocycles. The third-order valence-electron chi connectivity index (χ3n) is 3.68. The highest BCUT2D eigenvalue weighted by Crippen LogP contribution is 2.24. The monoisotopic (exact) mass is 287 g/mol. The molecule has 0 aliphatic carbocycles. The Kier molecular flexibility index (Phi) is 3.35. The lowest BCUT2D eigenvalue weighted by molar-refractivity contribution is 0.0258. The molecule has 0 spiro atoms. The highest BCUT2D eigenvalue weighted by atomic mass is 16.6. The van der Waals surface area contributed by atoms with E-state index < -0.39 is 5.60 Å². The average Bonchev–Trinajstić information content (AvgIpc) is 2.61. The van der Waals surface area contributed by atoms with Crippen molar-refractivity contribution in [1.82, 2.24) is 14.9 Å². The van der Waals surface area contributed by atoms with Gasteiger partial charge >= 0.3 is 6.09 Å². The van der Waals surface area contributed by atoms with E-state index in [1.165, 1.54) is 16.6 Å². The summed E-state index contributed by atoms with van der Waals surface area (Å²) in [6, 6.07) is 4.04. The smallest absolute Gasteiger partial charge is 0.410 e. The van der Waals surface area contributed by atoms with E-state index in [-0.39, 0.29) is 6.09 Å². The minimum atomic E-state index is -0.450. The second kappa shape index (κ2) is 5.06. The van der Waals surface area contributed by atoms with Crippen molar-refractivity contribution in [2.45, 2.75) is 39.2 Å². The number of hydrogen-bond acceptors (Lipinski definition) is 3. The average molecular weight is 287 g/mol. The number of hydrogen-bond donors (Lipinski definition) is 1. The Bertz CT molecular complexity index is 670. The van der Waals surface area contributed by atoms with Crippen molar-refractivity contribution < 1.29 is 9.53 Å². The Morgan fingerprint density at radius 3 is 2.86 bits per heavy atom. The summed E-state index contributed by atoms with van der Waals surface area (Å²) < 4.78 is 5.46. The molecule has 0 unspecified atom stereocenters. The van der Waals surface area contributed by atoms with Crippen LogP contribution in [0.15, 0.2) is 18.3 Å². The first kappa shape index (κ1) is 13.9. The first-order valence-electron chi connectivity index (χ1n) is 7.36. The Balaban J connectivity index is 1.78. The number of nitrogens with one attached hydrogen (secondary N) is 1. The number of carbonyl (C=O) groups excluding carboxylic acids is 1. The molecule has 21 heavy (non-hydrogen) atoms. The number of rotatable bonds is 0. The number of carbonyl (C=O) groups is 1. The SMILES string of the molecule is CC(C)(C)OC(=O)N1CCc2[nH]c3ncccc3c2CC1. The van der Waals surface area contributed by atoms with Gasteiger partial charge in [0.05, 0.1) is 0 Å². The van der Waals surface area contributed by atoms with Crippen molar-refractivity contribution in [2.75, 3.05) is 13.1 Å². The van der Waals surface area contributed by atoms with E-state index in [2.05, 4.69) is 16.0 Å². The normalized spacial score (nSPS) is 15.7. The van der Waals surface area contributed by atoms with Crippen LogP contribution in [-0.4, -0.2) is 39.7 Å². The fourth-order valence-corrected chi connectivity index (χ4v) is 2.74. The van der Waals surface area contributed by atoms with E-state index in [9.17, 15) is 4.79 Å². The predicted octanol–water partition coefficient (Wildman–Crippen LogP) is 2.90. The molecule has 0 saturated heterocycles. The summed E-state index contributed by atoms with van der Waals surface area (Å²) in [7, 11) is 0. The predicted molar refractivity (Wildman–Crippen MR) is 81.3 cm³/mol. The van der Waals surface area contributed by atoms with Crippen LogP contribution in [0.2, 0.25) is 0 Å². The number of H-pyrrole nitrogens is 1. The van der Waals surface area contributed by atoms with Crippen molar-refractivity contribution in [3.05, 3.63) is 29.6 Å². The molecule has 112 valence electrons. The van der Waals surface area contributed by atoms with Gasteiger partial charge in [0.2, 0.25) is 0 Å². The summed E-state index contributed by atoms with van der Waals surface area (Å²) >= 11 is 0. The number of fused-ring (bicyclic) bond motifs is 3. The largest absolute Gasteiger partial charge is 0.444 e. The van der Waals surface area contributed by atoms with Crippen molar-refractivity contribution in [3.8, 4) is 0 Å². The molecule has 3 rings (SSSR count). The maximum atomic E-state index is 12.2. The molecular formula is C16H21N3O2. The summed E-state index contributed by atoms with van der Waals surface area (Å²) in [6.07, 6.45) is 3.21. The first-order valence-corrected chi connectivity index (χ1v) is 7.36. The molecule has 0 fully saturated rings. The van der Waals surface area contributed by atoms with Crippen LogP contribution >= 0.6 is 0 Å². The molecule has 1 N–H and O–H groups in total. The van der Waals surface area contributed by atoms with Crippen LogP contribution in [0.3, 0.4) is 0 Å². The lowest BCUT2D eigenvalue weighted by Gasteiger charge is -2.26. The molecular weight excluding hydrogens is 266 g/mol. The second-order valence-electron chi connectivity index (χ2n) is 6.45. The summed E-state index contributed by atoms with van der Waals surface area (Å²) in [6.45, 7) is 7.04. The van der Waals surface area contributed by atoms with Gasteiger partial charge in [0, 0.05) is 36.8 Å². The molecule has 1 aliphatic rings. The lowest BCUT2D eigenvalue weighted by atomic mass is 10.1. The molecule has 2 aromatic rings. The first-order chi connectivity index (χ1) is 9.94. The lowest BCUT2D eigenvalue weighted by Crippen LogP contribution is -2.38. The van der Waals surface area contributed by atoms with Gasteiger partial charge in [0.1, 0.15) is 11.2 Å². The van der Waals surface area contributed by atoms with Crippen molar-refractivity contribution in [1.29, 1.82) is 0 Å². The fourth-order valence-electron chi connectivity index (χ4n) is 2.74. The number of aromatic amines is 1. The number of amides is 1. The maximum Gasteiger partial charge on any atom is 0.410 e. The molecule has 0 atom stereocenters. The van der Waals surface area contributed by atoms with Gasteiger partial charge in [-0.1, -0.05) is 0 Å². The van der Waals surface area contributed by atoms with Gasteiger partial charge in [-0.2, -0.15) is 0 Å². The summed E-state index contributed by atoms with van der Waals surface area (Å²) in [5.74, 6) is 0. The third-order valence-corrected chi connectivity index (χ3v) is 3.68. The molecule has 0 radical (unpaired) electrons. The molecule has 0 saturated carbocycles. The van der Waals surface area contributed by atoms with Gasteiger partial charge in [-0.05, 0) is 44.9 Å². The minimum absolute atomic E-state index is 0.227. The van der Waals surface area contributed by atoms with Crippen LogP contribution in [0.5, 0.6) is 0 Å². The number of pyridine rings is 1. The molecule has 1 aliphatic heterocycles. The summed E-state index contributed by atoms with van der Waals surface area (Å²) in [4.78, 5) is 21.7. The minimum Gasteiger partial charge on any atom is -0.444 e. The van der Waals surface area contributed by atoms with Gasteiger partial charge in [-0.3, -0.25) is 0 Å². The van der Waals surface area contributed by atoms with Crippen LogP contribution in [0, 0.1) is 0 Å². The van der Waals surface area contributed by atoms with E-state index in [4.69, 9.17) is 4.74 Å². The third kappa shape index (κ3) is 2.86. The summed E-state index contributed by atoms with van der Waals surface area (Å²) in [5, 5.41) is 1.17. The zero-order valence-corrected chi connectivity index (χ0v) is 12.8. The fraction of sp³-hybridized carbons (Fsp3) is 0.500. The number of nitrogens with zero attached hydrogens (tertiary/aromatic N) is 2. The van der Waals surface area contributed by atoms with Crippen LogP contribution < -0.4 is 0 Å². The van der Waals surface area contributed by atoms with Crippen molar-refractivity contribution >= 4 is 17.1 Å². The van der Waals surface area contributed by atoms with Crippen LogP contribution in [0.4, 0.5) is 4.79 Å². The standard InChI is InChI=1S/C16H21N3O2/c1-16(2,3)21-15(20)19-9-6-11-12-5-4-8-17-14(12)18-13(11)7-10-19/h4-5,8H,6-7,9-10H2,1-3H3,(H,17,18). The van der Waals surface area contributed by atoms with Gasteiger partial charge in [-0.25, -0.2) is 9.78 Å². The molecule has 2 aromatic heterocycles. The van der Waals surface area contributed by atoms with E-state index in [1.807, 2.05) is 26.8 Å². The molecule has 0 bridgehead atoms. The number of aromatic nitrogens is 2. The zero-order chi connectivity index (χ0) is 15.0. The van der Waals surface area contributed by atoms with Crippen LogP contribution in [-0.2, 0) is 17.6 Å². The van der Waals surface area contributed by atoms with E-state index in [1.54, 1.807) is 11.1 Å². The van der Waals surface area contributed by atoms with Gasteiger partial charge < -0.3 is 14.6 Å². The topological polar surface area (TPSA) is 58.2 Å². The van der Waals surface area contributed by atoms with Gasteiger partial charge in [-0.15, -0.1) is 0 Å². The quantitative estimate of drug-likeness (QED) is 0.810. The summed E-state index contributed by atoms with van der Waals surface area (Å²) in [5.41, 5.74) is 2.96. The maximum absolute atomic E-state index is 12.2. The molecule has 5 heteroatoms. The van der Waals surface area contributed by atoms with Gasteiger partial charge in [0.15, 0.2) is 0 Å². The van der Waals surface area contributed by atoms with E-state index in [0.717, 1.165) is 18.5 Å². The van der Waals surface area contributed by atoms with Crippen molar-refractivity contribution in [2.24, 2.45) is 0 Å². The number of ether oxygens (including phenoxy) is 1. The zero-order valence-electron chi connectivity index (χ0n) is 12.8. The van der Waals surface area contributed by atoms with Crippen molar-refractivity contribution in [3.63, 3.8) is 0 Å². The van der Waals surface area contributed by atoms with E-state index in [0.29, 0.717) is 13.1 Å². The Morgan fingerprint density at radius 1 is 1.33 bits per heavy atom. The molecule has 5 nitrogen and oxygen atoms in total. The highest BCUT2D eigenvalue weighted by Gasteiger charge is 2.25. The second-order valence-corrected chi connectivity index (χ2v) is 6.45. The van der Waals surface area contributed by atoms with Crippen LogP contribution in [0.25, 0.3) is 11.0 Å². The van der Waals surface area contributed by atoms with Crippen LogP contribution in [0.1, 0.15) is 32.0 Å². The Labute approximate surface area is 124 Å². The molecule has 0 aromatic carbocycles.